The van der Waals surface area contributed by atoms with Gasteiger partial charge in [0.15, 0.2) is 11.4 Å². The van der Waals surface area contributed by atoms with Gasteiger partial charge in [0.25, 0.3) is 11.8 Å². The third-order valence-electron chi connectivity index (χ3n) is 6.50. The molecule has 0 aliphatic carbocycles. The van der Waals surface area contributed by atoms with Crippen molar-refractivity contribution >= 4 is 11.8 Å². The van der Waals surface area contributed by atoms with Crippen molar-refractivity contribution in [2.45, 2.75) is 32.2 Å². The quantitative estimate of drug-likeness (QED) is 0.416. The Morgan fingerprint density at radius 1 is 1.10 bits per heavy atom. The van der Waals surface area contributed by atoms with E-state index in [9.17, 15) is 23.2 Å². The topological polar surface area (TPSA) is 102 Å². The zero-order chi connectivity index (χ0) is 28.8. The highest BCUT2D eigenvalue weighted by molar-refractivity contribution is 5.99. The summed E-state index contributed by atoms with van der Waals surface area (Å²) in [7, 11) is 3.12. The fourth-order valence-electron chi connectivity index (χ4n) is 4.12. The van der Waals surface area contributed by atoms with Gasteiger partial charge >= 0.3 is 0 Å². The van der Waals surface area contributed by atoms with Crippen LogP contribution in [0.3, 0.4) is 0 Å². The number of methoxy groups -OCH3 is 1. The molecule has 40 heavy (non-hydrogen) atoms. The van der Waals surface area contributed by atoms with E-state index in [-0.39, 0.29) is 48.4 Å². The summed E-state index contributed by atoms with van der Waals surface area (Å²) in [6.07, 6.45) is 4.86. The molecule has 1 aliphatic rings. The van der Waals surface area contributed by atoms with E-state index in [1.807, 2.05) is 37.3 Å². The molecule has 2 amide bonds. The second kappa shape index (κ2) is 12.6. The van der Waals surface area contributed by atoms with Crippen LogP contribution >= 0.6 is 0 Å². The first-order valence-electron chi connectivity index (χ1n) is 12.6. The van der Waals surface area contributed by atoms with Crippen LogP contribution in [0.5, 0.6) is 5.75 Å². The second-order valence-electron chi connectivity index (χ2n) is 9.34. The molecule has 4 rings (SSSR count). The average molecular weight is 553 g/mol. The maximum Gasteiger partial charge on any atom is 0.276 e. The van der Waals surface area contributed by atoms with Crippen LogP contribution < -0.4 is 20.9 Å². The number of amides is 2. The number of aromatic nitrogens is 1. The maximum absolute atomic E-state index is 14.1. The first kappa shape index (κ1) is 28.5. The molecule has 2 N–H and O–H groups in total. The van der Waals surface area contributed by atoms with Crippen molar-refractivity contribution < 1.29 is 27.8 Å². The summed E-state index contributed by atoms with van der Waals surface area (Å²) in [5, 5.41) is 2.50. The zero-order valence-electron chi connectivity index (χ0n) is 22.3. The van der Waals surface area contributed by atoms with Crippen LogP contribution in [0.25, 0.3) is 0 Å². The first-order valence-corrected chi connectivity index (χ1v) is 12.6. The standard InChI is InChI=1S/C29H30F2N4O5/c1-18-9-12-22(17-39-3)33-35-15-23(28(37)32-14-20-10-11-21(30)13-24(20)31)26(36)27(25(35)29(38)34(18)2)40-16-19-7-5-4-6-8-19/h4-13,15,18,22,33H,14,16-17H2,1-3H3,(H,32,37)/b12-9-/t18-,22-/m0/s1. The molecule has 210 valence electrons. The van der Waals surface area contributed by atoms with Crippen molar-refractivity contribution in [1.29, 1.82) is 0 Å². The smallest absolute Gasteiger partial charge is 0.276 e. The Morgan fingerprint density at radius 3 is 2.55 bits per heavy atom. The minimum absolute atomic E-state index is 0.0346. The van der Waals surface area contributed by atoms with Crippen LogP contribution in [0.2, 0.25) is 0 Å². The van der Waals surface area contributed by atoms with E-state index in [0.29, 0.717) is 6.07 Å². The van der Waals surface area contributed by atoms with Crippen LogP contribution in [0, 0.1) is 11.6 Å². The minimum atomic E-state index is -0.836. The fraction of sp³-hybridized carbons (Fsp3) is 0.276. The normalized spacial score (nSPS) is 17.6. The van der Waals surface area contributed by atoms with Gasteiger partial charge in [0, 0.05) is 44.6 Å². The highest BCUT2D eigenvalue weighted by atomic mass is 19.1. The molecule has 0 radical (unpaired) electrons. The molecule has 0 unspecified atom stereocenters. The summed E-state index contributed by atoms with van der Waals surface area (Å²) < 4.78 is 40.0. The number of rotatable bonds is 8. The number of carbonyl (C=O) groups excluding carboxylic acids is 2. The van der Waals surface area contributed by atoms with Crippen LogP contribution in [0.4, 0.5) is 8.78 Å². The van der Waals surface area contributed by atoms with Gasteiger partial charge in [-0.15, -0.1) is 0 Å². The number of nitrogens with one attached hydrogen (secondary N) is 2. The number of nitrogens with zero attached hydrogens (tertiary/aromatic N) is 2. The number of halogens is 2. The molecule has 2 aromatic carbocycles. The minimum Gasteiger partial charge on any atom is -0.482 e. The molecule has 1 aliphatic heterocycles. The van der Waals surface area contributed by atoms with Crippen LogP contribution in [-0.4, -0.2) is 54.2 Å². The molecule has 2 atom stereocenters. The molecule has 0 saturated carbocycles. The lowest BCUT2D eigenvalue weighted by Crippen LogP contribution is -2.40. The zero-order valence-corrected chi connectivity index (χ0v) is 22.3. The summed E-state index contributed by atoms with van der Waals surface area (Å²) >= 11 is 0. The van der Waals surface area contributed by atoms with Gasteiger partial charge in [0.1, 0.15) is 23.8 Å². The van der Waals surface area contributed by atoms with E-state index in [0.717, 1.165) is 11.6 Å². The van der Waals surface area contributed by atoms with Crippen molar-refractivity contribution in [3.05, 3.63) is 111 Å². The van der Waals surface area contributed by atoms with Crippen molar-refractivity contribution in [1.82, 2.24) is 14.9 Å². The number of ether oxygens (including phenoxy) is 2. The number of pyridine rings is 1. The maximum atomic E-state index is 14.1. The van der Waals surface area contributed by atoms with Gasteiger partial charge in [-0.2, -0.15) is 0 Å². The fourth-order valence-corrected chi connectivity index (χ4v) is 4.12. The first-order chi connectivity index (χ1) is 19.2. The molecule has 9 nitrogen and oxygen atoms in total. The number of likely N-dealkylation sites (N-methyl/N-ethyl adjacent to an activating group) is 1. The molecule has 0 saturated heterocycles. The summed E-state index contributed by atoms with van der Waals surface area (Å²) in [6, 6.07) is 11.3. The van der Waals surface area contributed by atoms with Gasteiger partial charge in [0.05, 0.1) is 12.6 Å². The van der Waals surface area contributed by atoms with Crippen LogP contribution in [0.15, 0.2) is 71.7 Å². The van der Waals surface area contributed by atoms with Crippen molar-refractivity contribution in [3.63, 3.8) is 0 Å². The van der Waals surface area contributed by atoms with E-state index in [1.54, 1.807) is 19.2 Å². The van der Waals surface area contributed by atoms with E-state index in [2.05, 4.69) is 10.7 Å². The average Bonchev–Trinajstić information content (AvgIpc) is 2.98. The Hall–Kier alpha value is -4.51. The van der Waals surface area contributed by atoms with Crippen molar-refractivity contribution in [2.24, 2.45) is 0 Å². The Morgan fingerprint density at radius 2 is 1.85 bits per heavy atom. The third kappa shape index (κ3) is 6.37. The number of fused-ring (bicyclic) bond motifs is 1. The summed E-state index contributed by atoms with van der Waals surface area (Å²) in [5.74, 6) is -3.25. The Kier molecular flexibility index (Phi) is 8.95. The number of benzene rings is 2. The van der Waals surface area contributed by atoms with E-state index in [4.69, 9.17) is 9.47 Å². The lowest BCUT2D eigenvalue weighted by Gasteiger charge is -2.25. The second-order valence-corrected chi connectivity index (χ2v) is 9.34. The summed E-state index contributed by atoms with van der Waals surface area (Å²) in [4.78, 5) is 42.0. The molecular formula is C29H30F2N4O5. The molecule has 1 aromatic heterocycles. The van der Waals surface area contributed by atoms with Gasteiger partial charge in [-0.25, -0.2) is 8.78 Å². The van der Waals surface area contributed by atoms with Crippen molar-refractivity contribution in [2.75, 3.05) is 26.2 Å². The van der Waals surface area contributed by atoms with E-state index in [1.165, 1.54) is 28.9 Å². The Balaban J connectivity index is 1.79. The molecule has 11 heteroatoms. The number of hydrogen-bond acceptors (Lipinski definition) is 6. The highest BCUT2D eigenvalue weighted by Crippen LogP contribution is 2.21. The van der Waals surface area contributed by atoms with Crippen molar-refractivity contribution in [3.8, 4) is 5.75 Å². The van der Waals surface area contributed by atoms with Gasteiger partial charge in [0.2, 0.25) is 5.43 Å². The van der Waals surface area contributed by atoms with Crippen LogP contribution in [0.1, 0.15) is 38.9 Å². The molecule has 0 bridgehead atoms. The lowest BCUT2D eigenvalue weighted by molar-refractivity contribution is 0.0752. The van der Waals surface area contributed by atoms with Gasteiger partial charge < -0.3 is 25.1 Å². The largest absolute Gasteiger partial charge is 0.482 e. The number of hydrogen-bond donors (Lipinski definition) is 2. The Labute approximate surface area is 230 Å². The highest BCUT2D eigenvalue weighted by Gasteiger charge is 2.30. The molecule has 0 spiro atoms. The van der Waals surface area contributed by atoms with Gasteiger partial charge in [-0.3, -0.25) is 19.1 Å². The predicted molar refractivity (Wildman–Crippen MR) is 145 cm³/mol. The molecule has 2 heterocycles. The number of carbonyl (C=O) groups is 2. The summed E-state index contributed by atoms with van der Waals surface area (Å²) in [6.45, 7) is 1.71. The van der Waals surface area contributed by atoms with Crippen LogP contribution in [-0.2, 0) is 17.9 Å². The predicted octanol–water partition coefficient (Wildman–Crippen LogP) is 3.22. The lowest BCUT2D eigenvalue weighted by atomic mass is 10.1. The summed E-state index contributed by atoms with van der Waals surface area (Å²) in [5.41, 5.74) is 2.64. The van der Waals surface area contributed by atoms with Gasteiger partial charge in [-0.05, 0) is 18.6 Å². The molecular weight excluding hydrogens is 522 g/mol. The van der Waals surface area contributed by atoms with Gasteiger partial charge in [-0.1, -0.05) is 48.6 Å². The third-order valence-corrected chi connectivity index (χ3v) is 6.50. The molecule has 0 fully saturated rings. The molecule has 3 aromatic rings. The van der Waals surface area contributed by atoms with E-state index >= 15 is 0 Å². The monoisotopic (exact) mass is 552 g/mol. The SMILES string of the molecule is COC[C@@H]1/C=C\[C@H](C)N(C)C(=O)c2c(OCc3ccccc3)c(=O)c(C(=O)NCc3ccc(F)cc3F)cn2N1. The van der Waals surface area contributed by atoms with E-state index < -0.39 is 34.9 Å². The Bertz CT molecular complexity index is 1480.